The largest absolute Gasteiger partial charge is 0.480 e. The van der Waals surface area contributed by atoms with Crippen LogP contribution in [-0.2, 0) is 19.6 Å². The van der Waals surface area contributed by atoms with Gasteiger partial charge in [0.1, 0.15) is 16.8 Å². The number of carboxylic acid groups (broad SMARTS) is 1. The molecule has 1 saturated carbocycles. The van der Waals surface area contributed by atoms with Gasteiger partial charge in [0.05, 0.1) is 0 Å². The van der Waals surface area contributed by atoms with Gasteiger partial charge in [-0.05, 0) is 37.3 Å². The second-order valence-electron chi connectivity index (χ2n) is 7.08. The summed E-state index contributed by atoms with van der Waals surface area (Å²) in [5, 5.41) is 9.47. The van der Waals surface area contributed by atoms with Crippen molar-refractivity contribution >= 4 is 21.9 Å². The van der Waals surface area contributed by atoms with Crippen LogP contribution >= 0.6 is 0 Å². The van der Waals surface area contributed by atoms with Gasteiger partial charge >= 0.3 is 5.97 Å². The Morgan fingerprint density at radius 2 is 1.93 bits per heavy atom. The molecule has 1 amide bonds. The normalized spacial score (nSPS) is 25.2. The molecule has 27 heavy (non-hydrogen) atoms. The number of benzene rings is 1. The molecule has 1 aliphatic heterocycles. The first-order chi connectivity index (χ1) is 12.8. The number of aliphatic carboxylic acids is 1. The van der Waals surface area contributed by atoms with Crippen LogP contribution in [0.25, 0.3) is 0 Å². The van der Waals surface area contributed by atoms with E-state index in [2.05, 4.69) is 4.72 Å². The van der Waals surface area contributed by atoms with E-state index in [1.807, 2.05) is 0 Å². The molecule has 7 nitrogen and oxygen atoms in total. The van der Waals surface area contributed by atoms with E-state index in [1.165, 1.54) is 17.0 Å². The van der Waals surface area contributed by atoms with Crippen LogP contribution < -0.4 is 4.72 Å². The Morgan fingerprint density at radius 3 is 2.63 bits per heavy atom. The fraction of sp³-hybridized carbons (Fsp3) is 0.556. The van der Waals surface area contributed by atoms with Crippen molar-refractivity contribution in [2.45, 2.75) is 55.5 Å². The van der Waals surface area contributed by atoms with Crippen LogP contribution in [-0.4, -0.2) is 48.9 Å². The molecule has 1 aliphatic carbocycles. The molecule has 0 radical (unpaired) electrons. The van der Waals surface area contributed by atoms with Crippen molar-refractivity contribution in [3.8, 4) is 0 Å². The Hall–Kier alpha value is -2.00. The van der Waals surface area contributed by atoms with E-state index in [0.717, 1.165) is 37.8 Å². The van der Waals surface area contributed by atoms with E-state index in [-0.39, 0.29) is 30.8 Å². The molecule has 3 atom stereocenters. The smallest absolute Gasteiger partial charge is 0.326 e. The van der Waals surface area contributed by atoms with E-state index >= 15 is 0 Å². The lowest BCUT2D eigenvalue weighted by molar-refractivity contribution is -0.149. The molecule has 1 heterocycles. The highest BCUT2D eigenvalue weighted by Crippen LogP contribution is 2.40. The quantitative estimate of drug-likeness (QED) is 0.760. The summed E-state index contributed by atoms with van der Waals surface area (Å²) in [5.74, 6) is -2.08. The maximum Gasteiger partial charge on any atom is 0.326 e. The predicted octanol–water partition coefficient (Wildman–Crippen LogP) is 1.74. The Balaban J connectivity index is 1.64. The highest BCUT2D eigenvalue weighted by Gasteiger charge is 2.47. The molecule has 2 N–H and O–H groups in total. The van der Waals surface area contributed by atoms with Crippen molar-refractivity contribution in [2.75, 3.05) is 6.54 Å². The molecule has 148 valence electrons. The number of carboxylic acids is 1. The van der Waals surface area contributed by atoms with Crippen molar-refractivity contribution in [1.82, 2.24) is 9.62 Å². The van der Waals surface area contributed by atoms with Gasteiger partial charge in [-0.2, -0.15) is 0 Å². The van der Waals surface area contributed by atoms with Gasteiger partial charge in [0.15, 0.2) is 0 Å². The lowest BCUT2D eigenvalue weighted by Gasteiger charge is -2.33. The molecule has 0 aromatic heterocycles. The number of hydrogen-bond acceptors (Lipinski definition) is 4. The Kier molecular flexibility index (Phi) is 5.81. The second-order valence-corrected chi connectivity index (χ2v) is 8.82. The van der Waals surface area contributed by atoms with Gasteiger partial charge in [-0.1, -0.05) is 25.0 Å². The number of amides is 1. The van der Waals surface area contributed by atoms with E-state index in [0.29, 0.717) is 6.42 Å². The van der Waals surface area contributed by atoms with Crippen LogP contribution in [0, 0.1) is 11.7 Å². The number of hydrogen-bond donors (Lipinski definition) is 2. The van der Waals surface area contributed by atoms with Gasteiger partial charge in [-0.25, -0.2) is 22.3 Å². The lowest BCUT2D eigenvalue weighted by Crippen LogP contribution is -2.47. The number of fused-ring (bicyclic) bond motifs is 1. The van der Waals surface area contributed by atoms with Crippen LogP contribution in [0.15, 0.2) is 29.2 Å². The minimum Gasteiger partial charge on any atom is -0.480 e. The SMILES string of the molecule is O=C(O)C1CC2CCCCC2N1C(=O)CCNS(=O)(=O)c1ccccc1F. The van der Waals surface area contributed by atoms with Crippen LogP contribution in [0.1, 0.15) is 38.5 Å². The van der Waals surface area contributed by atoms with Crippen molar-refractivity contribution in [1.29, 1.82) is 0 Å². The average Bonchev–Trinajstić information content (AvgIpc) is 3.01. The standard InChI is InChI=1S/C18H23FN2O5S/c19-13-6-2-4-8-16(13)27(25,26)20-10-9-17(22)21-14-7-3-1-5-12(14)11-15(21)18(23)24/h2,4,6,8,12,14-15,20H,1,3,5,7,9-11H2,(H,23,24). The molecule has 1 saturated heterocycles. The Morgan fingerprint density at radius 1 is 1.22 bits per heavy atom. The van der Waals surface area contributed by atoms with Crippen molar-refractivity contribution < 1.29 is 27.5 Å². The molecule has 0 spiro atoms. The first-order valence-corrected chi connectivity index (χ1v) is 10.6. The number of likely N-dealkylation sites (tertiary alicyclic amines) is 1. The van der Waals surface area contributed by atoms with Gasteiger partial charge in [-0.15, -0.1) is 0 Å². The number of sulfonamides is 1. The summed E-state index contributed by atoms with van der Waals surface area (Å²) in [6.45, 7) is -0.213. The van der Waals surface area contributed by atoms with Crippen molar-refractivity contribution in [2.24, 2.45) is 5.92 Å². The summed E-state index contributed by atoms with van der Waals surface area (Å²) < 4.78 is 40.3. The fourth-order valence-corrected chi connectivity index (χ4v) is 5.31. The fourth-order valence-electron chi connectivity index (χ4n) is 4.20. The van der Waals surface area contributed by atoms with Crippen molar-refractivity contribution in [3.05, 3.63) is 30.1 Å². The summed E-state index contributed by atoms with van der Waals surface area (Å²) in [6.07, 6.45) is 3.97. The summed E-state index contributed by atoms with van der Waals surface area (Å²) in [4.78, 5) is 25.2. The van der Waals surface area contributed by atoms with Gasteiger partial charge in [0.25, 0.3) is 0 Å². The molecular weight excluding hydrogens is 375 g/mol. The molecule has 9 heteroatoms. The summed E-state index contributed by atoms with van der Waals surface area (Å²) >= 11 is 0. The summed E-state index contributed by atoms with van der Waals surface area (Å²) in [7, 11) is -4.08. The Bertz CT molecular complexity index is 829. The number of nitrogens with zero attached hydrogens (tertiary/aromatic N) is 1. The predicted molar refractivity (Wildman–Crippen MR) is 94.8 cm³/mol. The molecule has 2 aliphatic rings. The van der Waals surface area contributed by atoms with Gasteiger partial charge in [0, 0.05) is 19.0 Å². The third-order valence-corrected chi connectivity index (χ3v) is 6.91. The zero-order chi connectivity index (χ0) is 19.6. The van der Waals surface area contributed by atoms with Gasteiger partial charge in [-0.3, -0.25) is 4.79 Å². The summed E-state index contributed by atoms with van der Waals surface area (Å²) in [5.41, 5.74) is 0. The van der Waals surface area contributed by atoms with Crippen molar-refractivity contribution in [3.63, 3.8) is 0 Å². The van der Waals surface area contributed by atoms with Gasteiger partial charge < -0.3 is 10.0 Å². The number of nitrogens with one attached hydrogen (secondary N) is 1. The zero-order valence-corrected chi connectivity index (χ0v) is 15.6. The molecule has 0 bridgehead atoms. The molecule has 3 rings (SSSR count). The second kappa shape index (κ2) is 7.93. The van der Waals surface area contributed by atoms with Crippen LogP contribution in [0.3, 0.4) is 0 Å². The summed E-state index contributed by atoms with van der Waals surface area (Å²) in [6, 6.07) is 4.05. The van der Waals surface area contributed by atoms with E-state index in [9.17, 15) is 27.5 Å². The number of rotatable bonds is 6. The third-order valence-electron chi connectivity index (χ3n) is 5.42. The molecular formula is C18H23FN2O5S. The highest BCUT2D eigenvalue weighted by atomic mass is 32.2. The average molecular weight is 398 g/mol. The van der Waals surface area contributed by atoms with E-state index in [1.54, 1.807) is 0 Å². The monoisotopic (exact) mass is 398 g/mol. The molecule has 3 unspecified atom stereocenters. The minimum absolute atomic E-state index is 0.0875. The van der Waals surface area contributed by atoms with Gasteiger partial charge in [0.2, 0.25) is 15.9 Å². The topological polar surface area (TPSA) is 104 Å². The third kappa shape index (κ3) is 4.14. The van der Waals surface area contributed by atoms with E-state index < -0.39 is 32.7 Å². The maximum absolute atomic E-state index is 13.7. The Labute approximate surface area is 157 Å². The van der Waals surface area contributed by atoms with Crippen LogP contribution in [0.4, 0.5) is 4.39 Å². The maximum atomic E-state index is 13.7. The van der Waals surface area contributed by atoms with E-state index in [4.69, 9.17) is 0 Å². The highest BCUT2D eigenvalue weighted by molar-refractivity contribution is 7.89. The molecule has 2 fully saturated rings. The first-order valence-electron chi connectivity index (χ1n) is 9.09. The minimum atomic E-state index is -4.08. The molecule has 1 aromatic carbocycles. The number of carbonyl (C=O) groups is 2. The molecule has 1 aromatic rings. The number of halogens is 1. The van der Waals surface area contributed by atoms with Crippen LogP contribution in [0.5, 0.6) is 0 Å². The van der Waals surface area contributed by atoms with Crippen LogP contribution in [0.2, 0.25) is 0 Å². The number of carbonyl (C=O) groups excluding carboxylic acids is 1. The lowest BCUT2D eigenvalue weighted by atomic mass is 9.84. The zero-order valence-electron chi connectivity index (χ0n) is 14.8. The first kappa shape index (κ1) is 19.8.